The smallest absolute Gasteiger partial charge is 0.245 e. The van der Waals surface area contributed by atoms with Crippen LogP contribution in [0, 0.1) is 0 Å². The molecule has 0 radical (unpaired) electrons. The number of hydrogen-bond donors (Lipinski definition) is 5. The second-order valence-corrected chi connectivity index (χ2v) is 9.97. The fourth-order valence-electron chi connectivity index (χ4n) is 4.32. The highest BCUT2D eigenvalue weighted by molar-refractivity contribution is 5.94. The molecule has 9 heteroatoms. The van der Waals surface area contributed by atoms with E-state index in [1.165, 1.54) is 0 Å². The van der Waals surface area contributed by atoms with Crippen LogP contribution >= 0.6 is 0 Å². The molecule has 0 saturated carbocycles. The van der Waals surface area contributed by atoms with E-state index in [0.29, 0.717) is 25.4 Å². The Labute approximate surface area is 211 Å². The highest BCUT2D eigenvalue weighted by Gasteiger charge is 2.31. The molecule has 1 aliphatic rings. The number of benzene rings is 2. The lowest BCUT2D eigenvalue weighted by molar-refractivity contribution is -0.121. The third-order valence-electron chi connectivity index (χ3n) is 6.42. The second-order valence-electron chi connectivity index (χ2n) is 9.97. The molecule has 0 bridgehead atoms. The van der Waals surface area contributed by atoms with Crippen LogP contribution in [0.25, 0.3) is 0 Å². The predicted molar refractivity (Wildman–Crippen MR) is 137 cm³/mol. The Morgan fingerprint density at radius 2 is 1.94 bits per heavy atom. The molecule has 0 fully saturated rings. The summed E-state index contributed by atoms with van der Waals surface area (Å²) in [5, 5.41) is 26.7. The van der Waals surface area contributed by atoms with Gasteiger partial charge in [-0.05, 0) is 37.0 Å². The van der Waals surface area contributed by atoms with E-state index in [1.54, 1.807) is 26.4 Å². The lowest BCUT2D eigenvalue weighted by Crippen LogP contribution is -2.59. The van der Waals surface area contributed by atoms with Gasteiger partial charge in [0, 0.05) is 24.2 Å². The zero-order valence-corrected chi connectivity index (χ0v) is 20.7. The number of imidazole rings is 1. The largest absolute Gasteiger partial charge is 0.392 e. The molecular formula is C27H35N5O4. The maximum Gasteiger partial charge on any atom is 0.245 e. The summed E-state index contributed by atoms with van der Waals surface area (Å²) in [5.41, 5.74) is 8.32. The summed E-state index contributed by atoms with van der Waals surface area (Å²) in [5.74, 6) is -0.0679. The average Bonchev–Trinajstić information content (AvgIpc) is 3.42. The van der Waals surface area contributed by atoms with Gasteiger partial charge in [-0.25, -0.2) is 4.98 Å². The lowest BCUT2D eigenvalue weighted by atomic mass is 10.00. The quantitative estimate of drug-likeness (QED) is 0.257. The Morgan fingerprint density at radius 1 is 1.22 bits per heavy atom. The van der Waals surface area contributed by atoms with Crippen molar-refractivity contribution in [1.82, 2.24) is 14.9 Å². The molecule has 6 N–H and O–H groups in total. The number of amides is 1. The summed E-state index contributed by atoms with van der Waals surface area (Å²) in [6, 6.07) is 16.8. The van der Waals surface area contributed by atoms with Crippen LogP contribution in [0.5, 0.6) is 0 Å². The van der Waals surface area contributed by atoms with E-state index in [9.17, 15) is 15.0 Å². The molecule has 1 aromatic heterocycles. The molecule has 36 heavy (non-hydrogen) atoms. The van der Waals surface area contributed by atoms with Gasteiger partial charge < -0.3 is 30.6 Å². The van der Waals surface area contributed by atoms with Crippen LogP contribution in [-0.4, -0.2) is 56.2 Å². The van der Waals surface area contributed by atoms with Crippen molar-refractivity contribution in [2.24, 2.45) is 5.73 Å². The maximum absolute atomic E-state index is 13.1. The molecule has 1 heterocycles. The van der Waals surface area contributed by atoms with Gasteiger partial charge >= 0.3 is 0 Å². The highest BCUT2D eigenvalue weighted by Crippen LogP contribution is 2.34. The van der Waals surface area contributed by atoms with E-state index >= 15 is 0 Å². The number of ether oxygens (including phenoxy) is 1. The minimum atomic E-state index is -1.13. The molecule has 3 aromatic rings. The minimum absolute atomic E-state index is 0.0274. The lowest BCUT2D eigenvalue weighted by Gasteiger charge is -2.30. The standard InChI is InChI=1S/C27H35N5O4/c1-27(2,28)26(35)30-22(16-36-15-18-8-4-3-5-9-18)25(34)31-24-14-32(17-29-24)13-21-20-11-7-6-10-19(20)12-23(21)33/h3-11,14,17,21-23,26,30,33,35H,12-13,15-16,28H2,1-2H3,(H,31,34)/t21?,22-,23?,26?/m1/s1. The molecular weight excluding hydrogens is 458 g/mol. The molecule has 4 atom stereocenters. The summed E-state index contributed by atoms with van der Waals surface area (Å²) in [6.45, 7) is 4.24. The molecule has 0 saturated heterocycles. The predicted octanol–water partition coefficient (Wildman–Crippen LogP) is 1.75. The fourth-order valence-corrected chi connectivity index (χ4v) is 4.32. The Kier molecular flexibility index (Phi) is 8.17. The number of carbonyl (C=O) groups excluding carboxylic acids is 1. The molecule has 3 unspecified atom stereocenters. The first-order valence-electron chi connectivity index (χ1n) is 12.1. The number of carbonyl (C=O) groups is 1. The van der Waals surface area contributed by atoms with E-state index in [1.807, 2.05) is 59.2 Å². The van der Waals surface area contributed by atoms with Crippen molar-refractivity contribution in [3.05, 3.63) is 83.8 Å². The molecule has 192 valence electrons. The van der Waals surface area contributed by atoms with Crippen LogP contribution in [0.2, 0.25) is 0 Å². The monoisotopic (exact) mass is 493 g/mol. The van der Waals surface area contributed by atoms with Crippen molar-refractivity contribution in [1.29, 1.82) is 0 Å². The normalized spacial score (nSPS) is 19.0. The Balaban J connectivity index is 1.39. The topological polar surface area (TPSA) is 135 Å². The average molecular weight is 494 g/mol. The van der Waals surface area contributed by atoms with Crippen molar-refractivity contribution in [3.63, 3.8) is 0 Å². The van der Waals surface area contributed by atoms with Gasteiger partial charge in [0.15, 0.2) is 5.82 Å². The first-order chi connectivity index (χ1) is 17.2. The SMILES string of the molecule is CC(C)(N)C(O)N[C@H](COCc1ccccc1)C(=O)Nc1cn(CC2c3ccccc3CC2O)cn1. The van der Waals surface area contributed by atoms with Crippen molar-refractivity contribution >= 4 is 11.7 Å². The number of anilines is 1. The third kappa shape index (κ3) is 6.57. The van der Waals surface area contributed by atoms with Crippen LogP contribution < -0.4 is 16.4 Å². The molecule has 4 rings (SSSR count). The summed E-state index contributed by atoms with van der Waals surface area (Å²) in [4.78, 5) is 17.4. The van der Waals surface area contributed by atoms with E-state index in [2.05, 4.69) is 15.6 Å². The van der Waals surface area contributed by atoms with Crippen molar-refractivity contribution in [2.75, 3.05) is 11.9 Å². The number of aliphatic hydroxyl groups is 2. The number of hydrogen-bond acceptors (Lipinski definition) is 7. The number of nitrogens with one attached hydrogen (secondary N) is 2. The molecule has 1 amide bonds. The number of aromatic nitrogens is 2. The van der Waals surface area contributed by atoms with E-state index in [-0.39, 0.29) is 12.5 Å². The van der Waals surface area contributed by atoms with Gasteiger partial charge in [-0.3, -0.25) is 10.1 Å². The maximum atomic E-state index is 13.1. The fraction of sp³-hybridized carbons (Fsp3) is 0.407. The van der Waals surface area contributed by atoms with Crippen LogP contribution in [0.1, 0.15) is 36.5 Å². The third-order valence-corrected chi connectivity index (χ3v) is 6.42. The number of fused-ring (bicyclic) bond motifs is 1. The van der Waals surface area contributed by atoms with Crippen molar-refractivity contribution < 1.29 is 19.7 Å². The van der Waals surface area contributed by atoms with Crippen LogP contribution in [0.15, 0.2) is 67.1 Å². The Hall–Kier alpha value is -3.08. The van der Waals surface area contributed by atoms with E-state index in [4.69, 9.17) is 10.5 Å². The van der Waals surface area contributed by atoms with E-state index < -0.39 is 29.8 Å². The number of nitrogens with two attached hydrogens (primary N) is 1. The van der Waals surface area contributed by atoms with Gasteiger partial charge in [-0.15, -0.1) is 0 Å². The van der Waals surface area contributed by atoms with Crippen molar-refractivity contribution in [2.45, 2.75) is 63.3 Å². The Morgan fingerprint density at radius 3 is 2.69 bits per heavy atom. The summed E-state index contributed by atoms with van der Waals surface area (Å²) < 4.78 is 7.62. The zero-order valence-electron chi connectivity index (χ0n) is 20.7. The molecule has 0 spiro atoms. The Bertz CT molecular complexity index is 1140. The molecule has 1 aliphatic carbocycles. The summed E-state index contributed by atoms with van der Waals surface area (Å²) in [6.07, 6.45) is 2.41. The van der Waals surface area contributed by atoms with Crippen molar-refractivity contribution in [3.8, 4) is 0 Å². The second kappa shape index (κ2) is 11.3. The number of aliphatic hydroxyl groups excluding tert-OH is 2. The summed E-state index contributed by atoms with van der Waals surface area (Å²) in [7, 11) is 0. The van der Waals surface area contributed by atoms with Gasteiger partial charge in [0.25, 0.3) is 0 Å². The molecule has 2 aromatic carbocycles. The number of nitrogens with zero attached hydrogens (tertiary/aromatic N) is 2. The van der Waals surface area contributed by atoms with Gasteiger partial charge in [0.05, 0.1) is 25.6 Å². The van der Waals surface area contributed by atoms with Gasteiger partial charge in [-0.1, -0.05) is 54.6 Å². The first kappa shape index (κ1) is 26.0. The molecule has 9 nitrogen and oxygen atoms in total. The van der Waals surface area contributed by atoms with E-state index in [0.717, 1.165) is 16.7 Å². The van der Waals surface area contributed by atoms with Gasteiger partial charge in [-0.2, -0.15) is 0 Å². The van der Waals surface area contributed by atoms with Gasteiger partial charge in [0.1, 0.15) is 12.3 Å². The first-order valence-corrected chi connectivity index (χ1v) is 12.1. The van der Waals surface area contributed by atoms with Crippen LogP contribution in [0.4, 0.5) is 5.82 Å². The van der Waals surface area contributed by atoms with Crippen LogP contribution in [0.3, 0.4) is 0 Å². The number of rotatable bonds is 11. The van der Waals surface area contributed by atoms with Crippen LogP contribution in [-0.2, 0) is 29.1 Å². The molecule has 0 aliphatic heterocycles. The minimum Gasteiger partial charge on any atom is -0.392 e. The highest BCUT2D eigenvalue weighted by atomic mass is 16.5. The zero-order chi connectivity index (χ0) is 25.7. The van der Waals surface area contributed by atoms with Gasteiger partial charge in [0.2, 0.25) is 5.91 Å². The summed E-state index contributed by atoms with van der Waals surface area (Å²) >= 11 is 0.